The SMILES string of the molecule is CC(=O)Nc1ccc(NC(=O)CNC23CC4CC(CC(C4)C2)C3)cc1. The monoisotopic (exact) mass is 341 g/mol. The van der Waals surface area contributed by atoms with E-state index in [-0.39, 0.29) is 17.4 Å². The molecule has 0 saturated heterocycles. The molecular formula is C20H27N3O2. The van der Waals surface area contributed by atoms with Gasteiger partial charge < -0.3 is 16.0 Å². The van der Waals surface area contributed by atoms with Crippen LogP contribution in [0.25, 0.3) is 0 Å². The summed E-state index contributed by atoms with van der Waals surface area (Å²) < 4.78 is 0. The van der Waals surface area contributed by atoms with E-state index in [1.807, 2.05) is 12.1 Å². The Balaban J connectivity index is 1.30. The third kappa shape index (κ3) is 3.71. The number of carbonyl (C=O) groups is 2. The third-order valence-electron chi connectivity index (χ3n) is 6.15. The van der Waals surface area contributed by atoms with E-state index >= 15 is 0 Å². The van der Waals surface area contributed by atoms with Gasteiger partial charge in [0, 0.05) is 23.8 Å². The first-order valence-corrected chi connectivity index (χ1v) is 9.42. The number of nitrogens with one attached hydrogen (secondary N) is 3. The minimum Gasteiger partial charge on any atom is -0.326 e. The highest BCUT2D eigenvalue weighted by atomic mass is 16.2. The summed E-state index contributed by atoms with van der Waals surface area (Å²) in [5.74, 6) is 2.54. The zero-order valence-corrected chi connectivity index (χ0v) is 14.8. The van der Waals surface area contributed by atoms with Gasteiger partial charge in [0.1, 0.15) is 0 Å². The van der Waals surface area contributed by atoms with Gasteiger partial charge in [0.25, 0.3) is 0 Å². The Morgan fingerprint density at radius 3 is 1.88 bits per heavy atom. The molecule has 0 radical (unpaired) electrons. The summed E-state index contributed by atoms with van der Waals surface area (Å²) in [5, 5.41) is 9.28. The number of hydrogen-bond donors (Lipinski definition) is 3. The van der Waals surface area contributed by atoms with Crippen molar-refractivity contribution < 1.29 is 9.59 Å². The van der Waals surface area contributed by atoms with Crippen LogP contribution in [0.2, 0.25) is 0 Å². The Morgan fingerprint density at radius 2 is 1.40 bits per heavy atom. The van der Waals surface area contributed by atoms with Crippen molar-refractivity contribution in [1.82, 2.24) is 5.32 Å². The van der Waals surface area contributed by atoms with Gasteiger partial charge in [-0.2, -0.15) is 0 Å². The largest absolute Gasteiger partial charge is 0.326 e. The third-order valence-corrected chi connectivity index (χ3v) is 6.15. The molecule has 1 aromatic rings. The van der Waals surface area contributed by atoms with Crippen LogP contribution in [-0.4, -0.2) is 23.9 Å². The van der Waals surface area contributed by atoms with Gasteiger partial charge in [0.05, 0.1) is 6.54 Å². The first-order chi connectivity index (χ1) is 12.0. The number of hydrogen-bond acceptors (Lipinski definition) is 3. The van der Waals surface area contributed by atoms with E-state index in [4.69, 9.17) is 0 Å². The number of anilines is 2. The van der Waals surface area contributed by atoms with Gasteiger partial charge in [-0.25, -0.2) is 0 Å². The fraction of sp³-hybridized carbons (Fsp3) is 0.600. The van der Waals surface area contributed by atoms with Crippen molar-refractivity contribution in [3.05, 3.63) is 24.3 Å². The van der Waals surface area contributed by atoms with Gasteiger partial charge in [-0.05, 0) is 80.5 Å². The average molecular weight is 341 g/mol. The molecule has 0 spiro atoms. The highest BCUT2D eigenvalue weighted by Gasteiger charge is 2.50. The summed E-state index contributed by atoms with van der Waals surface area (Å²) in [7, 11) is 0. The van der Waals surface area contributed by atoms with E-state index < -0.39 is 0 Å². The molecule has 3 N–H and O–H groups in total. The van der Waals surface area contributed by atoms with Crippen LogP contribution in [-0.2, 0) is 9.59 Å². The summed E-state index contributed by atoms with van der Waals surface area (Å²) in [5.41, 5.74) is 1.70. The van der Waals surface area contributed by atoms with Crippen LogP contribution in [0.3, 0.4) is 0 Å². The molecule has 4 aliphatic carbocycles. The zero-order chi connectivity index (χ0) is 17.4. The second kappa shape index (κ2) is 6.45. The minimum absolute atomic E-state index is 0.00280. The molecule has 5 rings (SSSR count). The Kier molecular flexibility index (Phi) is 4.28. The molecule has 0 unspecified atom stereocenters. The van der Waals surface area contributed by atoms with Crippen molar-refractivity contribution in [1.29, 1.82) is 0 Å². The molecule has 0 atom stereocenters. The lowest BCUT2D eigenvalue weighted by Gasteiger charge is -2.57. The van der Waals surface area contributed by atoms with Crippen LogP contribution < -0.4 is 16.0 Å². The van der Waals surface area contributed by atoms with E-state index in [2.05, 4.69) is 16.0 Å². The average Bonchev–Trinajstić information content (AvgIpc) is 2.53. The van der Waals surface area contributed by atoms with Crippen LogP contribution >= 0.6 is 0 Å². The van der Waals surface area contributed by atoms with Gasteiger partial charge in [0.2, 0.25) is 11.8 Å². The fourth-order valence-corrected chi connectivity index (χ4v) is 5.64. The number of amides is 2. The van der Waals surface area contributed by atoms with Crippen LogP contribution in [0.4, 0.5) is 11.4 Å². The van der Waals surface area contributed by atoms with Crippen molar-refractivity contribution in [3.8, 4) is 0 Å². The maximum Gasteiger partial charge on any atom is 0.238 e. The van der Waals surface area contributed by atoms with Crippen LogP contribution in [0.1, 0.15) is 45.4 Å². The molecule has 4 saturated carbocycles. The van der Waals surface area contributed by atoms with E-state index in [0.717, 1.165) is 29.1 Å². The Hall–Kier alpha value is -1.88. The van der Waals surface area contributed by atoms with E-state index in [9.17, 15) is 9.59 Å². The van der Waals surface area contributed by atoms with Crippen LogP contribution in [0.15, 0.2) is 24.3 Å². The Morgan fingerprint density at radius 1 is 0.920 bits per heavy atom. The quantitative estimate of drug-likeness (QED) is 0.770. The molecule has 4 fully saturated rings. The van der Waals surface area contributed by atoms with Gasteiger partial charge in [-0.15, -0.1) is 0 Å². The summed E-state index contributed by atoms with van der Waals surface area (Å²) in [6.45, 7) is 1.85. The van der Waals surface area contributed by atoms with Crippen LogP contribution in [0, 0.1) is 17.8 Å². The molecule has 0 aliphatic heterocycles. The molecule has 25 heavy (non-hydrogen) atoms. The maximum absolute atomic E-state index is 12.3. The molecule has 0 heterocycles. The molecule has 4 bridgehead atoms. The molecule has 134 valence electrons. The van der Waals surface area contributed by atoms with Crippen molar-refractivity contribution in [2.24, 2.45) is 17.8 Å². The Bertz CT molecular complexity index is 633. The second-order valence-electron chi connectivity index (χ2n) is 8.36. The second-order valence-corrected chi connectivity index (χ2v) is 8.36. The lowest BCUT2D eigenvalue weighted by Crippen LogP contribution is -2.59. The maximum atomic E-state index is 12.3. The lowest BCUT2D eigenvalue weighted by atomic mass is 9.53. The summed E-state index contributed by atoms with van der Waals surface area (Å²) in [6.07, 6.45) is 7.97. The zero-order valence-electron chi connectivity index (χ0n) is 14.8. The van der Waals surface area contributed by atoms with E-state index in [0.29, 0.717) is 6.54 Å². The first-order valence-electron chi connectivity index (χ1n) is 9.42. The topological polar surface area (TPSA) is 70.2 Å². The summed E-state index contributed by atoms with van der Waals surface area (Å²) >= 11 is 0. The number of benzene rings is 1. The highest BCUT2D eigenvalue weighted by molar-refractivity contribution is 5.93. The molecule has 5 heteroatoms. The van der Waals surface area contributed by atoms with Gasteiger partial charge in [-0.3, -0.25) is 9.59 Å². The number of carbonyl (C=O) groups excluding carboxylic acids is 2. The molecule has 0 aromatic heterocycles. The van der Waals surface area contributed by atoms with Crippen molar-refractivity contribution >= 4 is 23.2 Å². The highest BCUT2D eigenvalue weighted by Crippen LogP contribution is 2.55. The lowest BCUT2D eigenvalue weighted by molar-refractivity contribution is -0.116. The molecule has 4 aliphatic rings. The first kappa shape index (κ1) is 16.6. The predicted molar refractivity (Wildman–Crippen MR) is 98.3 cm³/mol. The molecular weight excluding hydrogens is 314 g/mol. The minimum atomic E-state index is -0.100. The van der Waals surface area contributed by atoms with Crippen molar-refractivity contribution in [2.45, 2.75) is 51.0 Å². The van der Waals surface area contributed by atoms with E-state index in [1.54, 1.807) is 12.1 Å². The molecule has 2 amide bonds. The van der Waals surface area contributed by atoms with Crippen molar-refractivity contribution in [3.63, 3.8) is 0 Å². The molecule has 5 nitrogen and oxygen atoms in total. The van der Waals surface area contributed by atoms with Crippen molar-refractivity contribution in [2.75, 3.05) is 17.2 Å². The smallest absolute Gasteiger partial charge is 0.238 e. The van der Waals surface area contributed by atoms with E-state index in [1.165, 1.54) is 45.4 Å². The van der Waals surface area contributed by atoms with Gasteiger partial charge in [-0.1, -0.05) is 0 Å². The van der Waals surface area contributed by atoms with Crippen LogP contribution in [0.5, 0.6) is 0 Å². The van der Waals surface area contributed by atoms with Gasteiger partial charge >= 0.3 is 0 Å². The Labute approximate surface area is 148 Å². The summed E-state index contributed by atoms with van der Waals surface area (Å²) in [6, 6.07) is 7.22. The predicted octanol–water partition coefficient (Wildman–Crippen LogP) is 3.14. The standard InChI is InChI=1S/C20H27N3O2/c1-13(24)22-17-2-4-18(5-3-17)23-19(25)12-21-20-9-14-6-15(10-20)8-16(7-14)11-20/h2-5,14-16,21H,6-12H2,1H3,(H,22,24)(H,23,25). The number of rotatable bonds is 5. The normalized spacial score (nSPS) is 32.4. The fourth-order valence-electron chi connectivity index (χ4n) is 5.64. The summed E-state index contributed by atoms with van der Waals surface area (Å²) in [4.78, 5) is 23.4. The van der Waals surface area contributed by atoms with Gasteiger partial charge in [0.15, 0.2) is 0 Å². The molecule has 1 aromatic carbocycles.